The lowest BCUT2D eigenvalue weighted by Crippen LogP contribution is -2.10. The second kappa shape index (κ2) is 3.10. The van der Waals surface area contributed by atoms with E-state index in [0.29, 0.717) is 5.56 Å². The molecule has 0 aliphatic rings. The first kappa shape index (κ1) is 9.60. The Morgan fingerprint density at radius 2 is 1.92 bits per heavy atom. The third-order valence-electron chi connectivity index (χ3n) is 1.47. The number of phenols is 2. The molecule has 1 rings (SSSR count). The largest absolute Gasteiger partial charge is 0.508 e. The van der Waals surface area contributed by atoms with Crippen molar-refractivity contribution in [2.75, 3.05) is 0 Å². The van der Waals surface area contributed by atoms with Crippen molar-refractivity contribution in [2.24, 2.45) is 0 Å². The number of aliphatic hydroxyl groups is 1. The van der Waals surface area contributed by atoms with E-state index >= 15 is 0 Å². The zero-order valence-corrected chi connectivity index (χ0v) is 8.61. The molecule has 0 aromatic heterocycles. The van der Waals surface area contributed by atoms with Crippen molar-refractivity contribution in [1.29, 1.82) is 0 Å². The number of benzene rings is 1. The fourth-order valence-corrected chi connectivity index (χ4v) is 1.32. The van der Waals surface area contributed by atoms with Gasteiger partial charge in [-0.1, -0.05) is 0 Å². The molecule has 0 saturated carbocycles. The van der Waals surface area contributed by atoms with Crippen molar-refractivity contribution >= 4 is 22.6 Å². The minimum Gasteiger partial charge on any atom is -0.508 e. The SMILES string of the molecule is CC(O)(I)c1cc(O)ccc1O. The Bertz CT molecular complexity index is 291. The van der Waals surface area contributed by atoms with Crippen molar-refractivity contribution in [3.63, 3.8) is 0 Å². The molecule has 0 bridgehead atoms. The lowest BCUT2D eigenvalue weighted by atomic mass is 10.1. The van der Waals surface area contributed by atoms with Crippen LogP contribution in [0.2, 0.25) is 0 Å². The third-order valence-corrected chi connectivity index (χ3v) is 2.05. The Balaban J connectivity index is 3.23. The van der Waals surface area contributed by atoms with E-state index in [4.69, 9.17) is 5.11 Å². The van der Waals surface area contributed by atoms with Crippen molar-refractivity contribution in [3.8, 4) is 11.5 Å². The molecule has 0 fully saturated rings. The van der Waals surface area contributed by atoms with Gasteiger partial charge in [-0.25, -0.2) is 0 Å². The molecule has 0 spiro atoms. The molecule has 3 nitrogen and oxygen atoms in total. The van der Waals surface area contributed by atoms with Crippen LogP contribution in [0.4, 0.5) is 0 Å². The standard InChI is InChI=1S/C8H9IO3/c1-8(9,12)6-4-5(10)2-3-7(6)11/h2-4,10-12H,1H3. The molecule has 0 amide bonds. The Morgan fingerprint density at radius 1 is 1.33 bits per heavy atom. The lowest BCUT2D eigenvalue weighted by Gasteiger charge is -2.16. The van der Waals surface area contributed by atoms with Gasteiger partial charge in [0.15, 0.2) is 0 Å². The molecule has 4 heteroatoms. The van der Waals surface area contributed by atoms with Gasteiger partial charge >= 0.3 is 0 Å². The molecular weight excluding hydrogens is 271 g/mol. The minimum absolute atomic E-state index is 0.0211. The average Bonchev–Trinajstić information content (AvgIpc) is 1.92. The van der Waals surface area contributed by atoms with E-state index in [1.165, 1.54) is 25.1 Å². The topological polar surface area (TPSA) is 60.7 Å². The Labute approximate surface area is 83.8 Å². The summed E-state index contributed by atoms with van der Waals surface area (Å²) >= 11 is 1.77. The second-order valence-electron chi connectivity index (χ2n) is 2.65. The number of aromatic hydroxyl groups is 2. The maximum absolute atomic E-state index is 9.51. The van der Waals surface area contributed by atoms with E-state index in [0.717, 1.165) is 0 Å². The summed E-state index contributed by atoms with van der Waals surface area (Å²) in [6.45, 7) is 1.53. The zero-order chi connectivity index (χ0) is 9.35. The van der Waals surface area contributed by atoms with Gasteiger partial charge in [-0.3, -0.25) is 0 Å². The molecule has 0 radical (unpaired) electrons. The molecule has 1 aromatic rings. The summed E-state index contributed by atoms with van der Waals surface area (Å²) in [5.41, 5.74) is 0.308. The van der Waals surface area contributed by atoms with Crippen molar-refractivity contribution in [2.45, 2.75) is 10.5 Å². The Morgan fingerprint density at radius 3 is 2.33 bits per heavy atom. The van der Waals surface area contributed by atoms with Crippen LogP contribution in [0.3, 0.4) is 0 Å². The van der Waals surface area contributed by atoms with Gasteiger partial charge in [0, 0.05) is 5.56 Å². The predicted molar refractivity (Wildman–Crippen MR) is 53.4 cm³/mol. The summed E-state index contributed by atoms with van der Waals surface area (Å²) in [5.74, 6) is 0.00643. The summed E-state index contributed by atoms with van der Waals surface area (Å²) in [7, 11) is 0. The van der Waals surface area contributed by atoms with E-state index in [9.17, 15) is 10.2 Å². The quantitative estimate of drug-likeness (QED) is 0.417. The molecular formula is C8H9IO3. The van der Waals surface area contributed by atoms with Gasteiger partial charge in [-0.05, 0) is 47.7 Å². The van der Waals surface area contributed by atoms with Gasteiger partial charge < -0.3 is 15.3 Å². The van der Waals surface area contributed by atoms with Gasteiger partial charge in [0.05, 0.1) is 0 Å². The van der Waals surface area contributed by atoms with Gasteiger partial charge in [0.25, 0.3) is 0 Å². The van der Waals surface area contributed by atoms with Crippen LogP contribution in [0, 0.1) is 0 Å². The molecule has 3 N–H and O–H groups in total. The molecule has 66 valence electrons. The molecule has 1 unspecified atom stereocenters. The number of alkyl halides is 1. The number of phenolic OH excluding ortho intramolecular Hbond substituents is 2. The summed E-state index contributed by atoms with van der Waals surface area (Å²) in [6, 6.07) is 4.04. The number of hydrogen-bond donors (Lipinski definition) is 3. The average molecular weight is 280 g/mol. The van der Waals surface area contributed by atoms with Crippen LogP contribution in [0.25, 0.3) is 0 Å². The highest BCUT2D eigenvalue weighted by Crippen LogP contribution is 2.36. The summed E-state index contributed by atoms with van der Waals surface area (Å²) in [6.07, 6.45) is 0. The first-order valence-corrected chi connectivity index (χ1v) is 4.43. The fourth-order valence-electron chi connectivity index (χ4n) is 0.890. The van der Waals surface area contributed by atoms with Crippen LogP contribution < -0.4 is 0 Å². The van der Waals surface area contributed by atoms with Crippen LogP contribution in [0.5, 0.6) is 11.5 Å². The Kier molecular flexibility index (Phi) is 2.48. The van der Waals surface area contributed by atoms with Gasteiger partial charge in [0.2, 0.25) is 0 Å². The van der Waals surface area contributed by atoms with Gasteiger partial charge in [-0.15, -0.1) is 0 Å². The lowest BCUT2D eigenvalue weighted by molar-refractivity contribution is 0.174. The van der Waals surface area contributed by atoms with Crippen LogP contribution in [-0.4, -0.2) is 15.3 Å². The van der Waals surface area contributed by atoms with Crippen LogP contribution in [0.15, 0.2) is 18.2 Å². The van der Waals surface area contributed by atoms with Crippen LogP contribution >= 0.6 is 22.6 Å². The highest BCUT2D eigenvalue weighted by Gasteiger charge is 2.22. The maximum Gasteiger partial charge on any atom is 0.141 e. The van der Waals surface area contributed by atoms with Crippen LogP contribution in [0.1, 0.15) is 12.5 Å². The second-order valence-corrected chi connectivity index (χ2v) is 4.76. The molecule has 1 atom stereocenters. The summed E-state index contributed by atoms with van der Waals surface area (Å²) < 4.78 is -1.17. The molecule has 0 saturated heterocycles. The molecule has 1 aromatic carbocycles. The molecule has 0 aliphatic heterocycles. The smallest absolute Gasteiger partial charge is 0.141 e. The highest BCUT2D eigenvalue weighted by atomic mass is 127. The normalized spacial score (nSPS) is 15.6. The van der Waals surface area contributed by atoms with Gasteiger partial charge in [0.1, 0.15) is 15.1 Å². The molecule has 12 heavy (non-hydrogen) atoms. The van der Waals surface area contributed by atoms with E-state index in [1.54, 1.807) is 22.6 Å². The molecule has 0 heterocycles. The van der Waals surface area contributed by atoms with Gasteiger partial charge in [-0.2, -0.15) is 0 Å². The summed E-state index contributed by atoms with van der Waals surface area (Å²) in [4.78, 5) is 0. The first-order chi connectivity index (χ1) is 5.41. The van der Waals surface area contributed by atoms with Crippen molar-refractivity contribution < 1.29 is 15.3 Å². The third kappa shape index (κ3) is 2.01. The first-order valence-electron chi connectivity index (χ1n) is 3.35. The zero-order valence-electron chi connectivity index (χ0n) is 6.45. The molecule has 0 aliphatic carbocycles. The fraction of sp³-hybridized carbons (Fsp3) is 0.250. The number of rotatable bonds is 1. The number of hydrogen-bond acceptors (Lipinski definition) is 3. The van der Waals surface area contributed by atoms with Crippen molar-refractivity contribution in [3.05, 3.63) is 23.8 Å². The minimum atomic E-state index is -1.17. The summed E-state index contributed by atoms with van der Waals surface area (Å²) in [5, 5.41) is 27.9. The number of halogens is 1. The van der Waals surface area contributed by atoms with E-state index in [2.05, 4.69) is 0 Å². The van der Waals surface area contributed by atoms with E-state index in [1.807, 2.05) is 0 Å². The van der Waals surface area contributed by atoms with Crippen LogP contribution in [-0.2, 0) is 3.61 Å². The van der Waals surface area contributed by atoms with Crippen molar-refractivity contribution in [1.82, 2.24) is 0 Å². The highest BCUT2D eigenvalue weighted by molar-refractivity contribution is 14.1. The van der Waals surface area contributed by atoms with E-state index < -0.39 is 3.61 Å². The maximum atomic E-state index is 9.51. The monoisotopic (exact) mass is 280 g/mol. The Hall–Kier alpha value is -0.490. The predicted octanol–water partition coefficient (Wildman–Crippen LogP) is 1.70. The van der Waals surface area contributed by atoms with E-state index in [-0.39, 0.29) is 11.5 Å².